The van der Waals surface area contributed by atoms with Gasteiger partial charge >= 0.3 is 5.97 Å². The van der Waals surface area contributed by atoms with E-state index in [-0.39, 0.29) is 5.97 Å². The number of hydrogen-bond acceptors (Lipinski definition) is 4. The molecular formula is C16H21N3O2. The van der Waals surface area contributed by atoms with Gasteiger partial charge in [-0.3, -0.25) is 5.32 Å². The smallest absolute Gasteiger partial charge is 0.327 e. The summed E-state index contributed by atoms with van der Waals surface area (Å²) in [6.45, 7) is 4.63. The monoisotopic (exact) mass is 287 g/mol. The first-order valence-corrected chi connectivity index (χ1v) is 6.86. The van der Waals surface area contributed by atoms with E-state index in [0.717, 1.165) is 16.8 Å². The number of aromatic nitrogens is 2. The van der Waals surface area contributed by atoms with Gasteiger partial charge in [-0.25, -0.2) is 9.78 Å². The van der Waals surface area contributed by atoms with Gasteiger partial charge in [0, 0.05) is 19.8 Å². The van der Waals surface area contributed by atoms with Crippen molar-refractivity contribution < 1.29 is 9.53 Å². The van der Waals surface area contributed by atoms with Gasteiger partial charge in [0.2, 0.25) is 0 Å². The average molecular weight is 287 g/mol. The van der Waals surface area contributed by atoms with Crippen LogP contribution in [0.4, 0.5) is 0 Å². The van der Waals surface area contributed by atoms with Crippen LogP contribution < -0.4 is 5.32 Å². The molecule has 1 N–H and O–H groups in total. The second-order valence-electron chi connectivity index (χ2n) is 5.18. The maximum absolute atomic E-state index is 12.0. The predicted octanol–water partition coefficient (Wildman–Crippen LogP) is 2.04. The fourth-order valence-electron chi connectivity index (χ4n) is 2.16. The Balaban J connectivity index is 2.20. The highest BCUT2D eigenvalue weighted by Crippen LogP contribution is 2.19. The summed E-state index contributed by atoms with van der Waals surface area (Å²) in [5.74, 6) is -0.291. The molecule has 0 fully saturated rings. The summed E-state index contributed by atoms with van der Waals surface area (Å²) in [5.41, 5.74) is 4.28. The van der Waals surface area contributed by atoms with Gasteiger partial charge in [-0.15, -0.1) is 0 Å². The molecule has 1 aromatic heterocycles. The number of rotatable bonds is 5. The molecule has 1 heterocycles. The minimum atomic E-state index is -0.482. The number of ether oxygens (including phenoxy) is 1. The number of benzene rings is 1. The van der Waals surface area contributed by atoms with E-state index in [0.29, 0.717) is 6.54 Å². The summed E-state index contributed by atoms with van der Waals surface area (Å²) in [5, 5.41) is 3.24. The van der Waals surface area contributed by atoms with Crippen molar-refractivity contribution in [3.8, 4) is 0 Å². The molecule has 1 aromatic carbocycles. The number of carbonyl (C=O) groups excluding carboxylic acids is 1. The van der Waals surface area contributed by atoms with Crippen LogP contribution in [0.3, 0.4) is 0 Å². The summed E-state index contributed by atoms with van der Waals surface area (Å²) < 4.78 is 6.83. The second-order valence-corrected chi connectivity index (χ2v) is 5.18. The van der Waals surface area contributed by atoms with Crippen molar-refractivity contribution in [3.63, 3.8) is 0 Å². The molecule has 0 aliphatic heterocycles. The zero-order chi connectivity index (χ0) is 15.4. The molecule has 5 nitrogen and oxygen atoms in total. The van der Waals surface area contributed by atoms with Crippen molar-refractivity contribution in [1.82, 2.24) is 14.9 Å². The molecule has 112 valence electrons. The quantitative estimate of drug-likeness (QED) is 0.855. The van der Waals surface area contributed by atoms with E-state index in [1.807, 2.05) is 36.7 Å². The van der Waals surface area contributed by atoms with Crippen LogP contribution in [0.1, 0.15) is 28.4 Å². The topological polar surface area (TPSA) is 56.1 Å². The molecular weight excluding hydrogens is 266 g/mol. The molecule has 0 unspecified atom stereocenters. The van der Waals surface area contributed by atoms with Crippen LogP contribution in [0, 0.1) is 13.8 Å². The van der Waals surface area contributed by atoms with Crippen molar-refractivity contribution in [2.75, 3.05) is 7.11 Å². The highest BCUT2D eigenvalue weighted by molar-refractivity contribution is 5.77. The lowest BCUT2D eigenvalue weighted by atomic mass is 10.0. The zero-order valence-corrected chi connectivity index (χ0v) is 12.9. The Morgan fingerprint density at radius 3 is 2.71 bits per heavy atom. The summed E-state index contributed by atoms with van der Waals surface area (Å²) in [6.07, 6.45) is 3.52. The molecule has 5 heteroatoms. The Hall–Kier alpha value is -2.14. The average Bonchev–Trinajstić information content (AvgIpc) is 2.88. The lowest BCUT2D eigenvalue weighted by Gasteiger charge is -2.18. The van der Waals surface area contributed by atoms with Gasteiger partial charge in [0.15, 0.2) is 0 Å². The first-order valence-electron chi connectivity index (χ1n) is 6.86. The lowest BCUT2D eigenvalue weighted by molar-refractivity contribution is -0.143. The Labute approximate surface area is 125 Å². The highest BCUT2D eigenvalue weighted by Gasteiger charge is 2.21. The number of methoxy groups -OCH3 is 1. The zero-order valence-electron chi connectivity index (χ0n) is 12.9. The molecule has 2 rings (SSSR count). The van der Waals surface area contributed by atoms with Crippen molar-refractivity contribution in [2.45, 2.75) is 26.4 Å². The van der Waals surface area contributed by atoms with Gasteiger partial charge in [0.25, 0.3) is 0 Å². The van der Waals surface area contributed by atoms with Crippen molar-refractivity contribution in [2.24, 2.45) is 7.05 Å². The SMILES string of the molecule is COC(=O)[C@H](NCc1cncn1C)c1ccc(C)c(C)c1. The van der Waals surface area contributed by atoms with Crippen LogP contribution in [-0.4, -0.2) is 22.6 Å². The standard InChI is InChI=1S/C16H21N3O2/c1-11-5-6-13(7-12(11)2)15(16(20)21-4)18-9-14-8-17-10-19(14)3/h5-8,10,15,18H,9H2,1-4H3/t15-/m1/s1. The number of aryl methyl sites for hydroxylation is 3. The van der Waals surface area contributed by atoms with E-state index >= 15 is 0 Å². The maximum atomic E-state index is 12.0. The van der Waals surface area contributed by atoms with Crippen LogP contribution in [0.2, 0.25) is 0 Å². The Kier molecular flexibility index (Phi) is 4.75. The lowest BCUT2D eigenvalue weighted by Crippen LogP contribution is -2.30. The first kappa shape index (κ1) is 15.3. The van der Waals surface area contributed by atoms with Crippen molar-refractivity contribution in [1.29, 1.82) is 0 Å². The summed E-state index contributed by atoms with van der Waals surface area (Å²) in [7, 11) is 3.33. The van der Waals surface area contributed by atoms with Crippen molar-refractivity contribution >= 4 is 5.97 Å². The van der Waals surface area contributed by atoms with Crippen LogP contribution in [0.5, 0.6) is 0 Å². The number of nitrogens with one attached hydrogen (secondary N) is 1. The number of hydrogen-bond donors (Lipinski definition) is 1. The summed E-state index contributed by atoms with van der Waals surface area (Å²) in [6, 6.07) is 5.52. The summed E-state index contributed by atoms with van der Waals surface area (Å²) in [4.78, 5) is 16.1. The Bertz CT molecular complexity index is 634. The Morgan fingerprint density at radius 2 is 2.14 bits per heavy atom. The fourth-order valence-corrected chi connectivity index (χ4v) is 2.16. The molecule has 0 spiro atoms. The number of esters is 1. The van der Waals surface area contributed by atoms with Gasteiger partial charge in [0.1, 0.15) is 6.04 Å². The van der Waals surface area contributed by atoms with E-state index in [9.17, 15) is 4.79 Å². The largest absolute Gasteiger partial charge is 0.468 e. The molecule has 1 atom stereocenters. The number of nitrogens with zero attached hydrogens (tertiary/aromatic N) is 2. The normalized spacial score (nSPS) is 12.2. The highest BCUT2D eigenvalue weighted by atomic mass is 16.5. The van der Waals surface area contributed by atoms with E-state index in [2.05, 4.69) is 17.2 Å². The van der Waals surface area contributed by atoms with Gasteiger partial charge in [-0.05, 0) is 30.5 Å². The molecule has 0 aliphatic rings. The van der Waals surface area contributed by atoms with E-state index < -0.39 is 6.04 Å². The molecule has 21 heavy (non-hydrogen) atoms. The molecule has 0 bridgehead atoms. The molecule has 2 aromatic rings. The van der Waals surface area contributed by atoms with Crippen molar-refractivity contribution in [3.05, 3.63) is 53.1 Å². The third-order valence-electron chi connectivity index (χ3n) is 3.70. The maximum Gasteiger partial charge on any atom is 0.327 e. The molecule has 0 amide bonds. The fraction of sp³-hybridized carbons (Fsp3) is 0.375. The van der Waals surface area contributed by atoms with Crippen LogP contribution in [0.15, 0.2) is 30.7 Å². The third-order valence-corrected chi connectivity index (χ3v) is 3.70. The number of imidazole rings is 1. The van der Waals surface area contributed by atoms with Gasteiger partial charge in [0.05, 0.1) is 19.1 Å². The van der Waals surface area contributed by atoms with E-state index in [1.165, 1.54) is 12.7 Å². The van der Waals surface area contributed by atoms with Crippen LogP contribution in [-0.2, 0) is 23.1 Å². The van der Waals surface area contributed by atoms with E-state index in [1.54, 1.807) is 12.5 Å². The van der Waals surface area contributed by atoms with E-state index in [4.69, 9.17) is 4.74 Å². The second kappa shape index (κ2) is 6.54. The predicted molar refractivity (Wildman–Crippen MR) is 80.7 cm³/mol. The van der Waals surface area contributed by atoms with Gasteiger partial charge in [-0.2, -0.15) is 0 Å². The molecule has 0 radical (unpaired) electrons. The molecule has 0 saturated heterocycles. The Morgan fingerprint density at radius 1 is 1.38 bits per heavy atom. The van der Waals surface area contributed by atoms with Gasteiger partial charge < -0.3 is 9.30 Å². The summed E-state index contributed by atoms with van der Waals surface area (Å²) >= 11 is 0. The third kappa shape index (κ3) is 3.49. The first-order chi connectivity index (χ1) is 10.0. The number of carbonyl (C=O) groups is 1. The van der Waals surface area contributed by atoms with Crippen LogP contribution in [0.25, 0.3) is 0 Å². The van der Waals surface area contributed by atoms with Gasteiger partial charge in [-0.1, -0.05) is 18.2 Å². The minimum Gasteiger partial charge on any atom is -0.468 e. The molecule has 0 saturated carbocycles. The minimum absolute atomic E-state index is 0.291. The van der Waals surface area contributed by atoms with Crippen LogP contribution >= 0.6 is 0 Å². The molecule has 0 aliphatic carbocycles.